The van der Waals surface area contributed by atoms with E-state index in [1.165, 1.54) is 12.1 Å². The Bertz CT molecular complexity index is 550. The van der Waals surface area contributed by atoms with Crippen molar-refractivity contribution in [2.45, 2.75) is 52.8 Å². The Kier molecular flexibility index (Phi) is 10.8. The number of aryl methyl sites for hydroxylation is 1. The highest BCUT2D eigenvalue weighted by Crippen LogP contribution is 2.31. The second-order valence-electron chi connectivity index (χ2n) is 4.84. The molecule has 0 saturated carbocycles. The van der Waals surface area contributed by atoms with Crippen LogP contribution in [0.3, 0.4) is 0 Å². The summed E-state index contributed by atoms with van der Waals surface area (Å²) in [6.45, 7) is 7.68. The van der Waals surface area contributed by atoms with Gasteiger partial charge in [0.05, 0.1) is 11.7 Å². The van der Waals surface area contributed by atoms with E-state index in [0.717, 1.165) is 18.1 Å². The molecule has 134 valence electrons. The molecule has 0 aliphatic rings. The second kappa shape index (κ2) is 11.7. The first-order chi connectivity index (χ1) is 11.4. The van der Waals surface area contributed by atoms with Crippen molar-refractivity contribution in [2.75, 3.05) is 0 Å². The minimum atomic E-state index is -4.22. The van der Waals surface area contributed by atoms with Crippen molar-refractivity contribution in [3.8, 4) is 0 Å². The first kappa shape index (κ1) is 22.2. The van der Waals surface area contributed by atoms with Gasteiger partial charge < -0.3 is 5.11 Å². The van der Waals surface area contributed by atoms with Gasteiger partial charge in [0.2, 0.25) is 0 Å². The molecule has 0 spiro atoms. The summed E-state index contributed by atoms with van der Waals surface area (Å²) in [5.41, 5.74) is 0.836. The van der Waals surface area contributed by atoms with Crippen LogP contribution in [0.25, 0.3) is 0 Å². The monoisotopic (exact) mass is 340 g/mol. The van der Waals surface area contributed by atoms with Gasteiger partial charge in [0.1, 0.15) is 0 Å². The average molecular weight is 340 g/mol. The lowest BCUT2D eigenvalue weighted by Gasteiger charge is -2.10. The molecular weight excluding hydrogens is 313 g/mol. The lowest BCUT2D eigenvalue weighted by Crippen LogP contribution is -2.08. The van der Waals surface area contributed by atoms with Gasteiger partial charge in [-0.15, -0.1) is 0 Å². The van der Waals surface area contributed by atoms with Crippen molar-refractivity contribution in [1.82, 2.24) is 0 Å². The highest BCUT2D eigenvalue weighted by Gasteiger charge is 2.32. The topological polar surface area (TPSA) is 20.2 Å². The van der Waals surface area contributed by atoms with E-state index in [2.05, 4.69) is 0 Å². The number of benzene rings is 2. The molecule has 1 N–H and O–H groups in total. The molecule has 24 heavy (non-hydrogen) atoms. The Morgan fingerprint density at radius 3 is 1.79 bits per heavy atom. The van der Waals surface area contributed by atoms with Gasteiger partial charge in [-0.05, 0) is 30.0 Å². The number of hydrogen-bond donors (Lipinski definition) is 1. The maximum absolute atomic E-state index is 12.2. The molecule has 0 aromatic heterocycles. The number of rotatable bonds is 3. The molecule has 1 unspecified atom stereocenters. The number of aliphatic hydroxyl groups is 1. The van der Waals surface area contributed by atoms with Gasteiger partial charge in [-0.25, -0.2) is 0 Å². The van der Waals surface area contributed by atoms with E-state index in [-0.39, 0.29) is 6.10 Å². The van der Waals surface area contributed by atoms with Gasteiger partial charge in [-0.3, -0.25) is 0 Å². The molecule has 1 nitrogen and oxygen atoms in total. The molecule has 0 amide bonds. The molecule has 0 heterocycles. The molecule has 0 radical (unpaired) electrons. The molecule has 4 heteroatoms. The van der Waals surface area contributed by atoms with Crippen LogP contribution in [0.4, 0.5) is 13.2 Å². The normalized spacial score (nSPS) is 11.5. The van der Waals surface area contributed by atoms with Gasteiger partial charge in [0, 0.05) is 0 Å². The SMILES string of the molecule is CC.CCC(O)c1ccccc1.CCc1ccccc1C(F)(F)F. The Hall–Kier alpha value is -1.81. The standard InChI is InChI=1S/C9H9F3.C9H12O.C2H6/c1-2-7-5-3-4-6-8(7)9(10,11)12;1-2-9(10)8-6-4-3-5-7-8;1-2/h3-6H,2H2,1H3;3-7,9-10H,2H2,1H3;1-2H3. The summed E-state index contributed by atoms with van der Waals surface area (Å²) in [7, 11) is 0. The molecular formula is C20H27F3O. The smallest absolute Gasteiger partial charge is 0.388 e. The predicted molar refractivity (Wildman–Crippen MR) is 93.9 cm³/mol. The summed E-state index contributed by atoms with van der Waals surface area (Å²) >= 11 is 0. The van der Waals surface area contributed by atoms with Crippen molar-refractivity contribution in [1.29, 1.82) is 0 Å². The molecule has 2 rings (SSSR count). The number of hydrogen-bond acceptors (Lipinski definition) is 1. The number of alkyl halides is 3. The molecule has 0 saturated heterocycles. The lowest BCUT2D eigenvalue weighted by atomic mass is 10.1. The molecule has 0 aliphatic carbocycles. The van der Waals surface area contributed by atoms with Gasteiger partial charge in [-0.2, -0.15) is 13.2 Å². The summed E-state index contributed by atoms with van der Waals surface area (Å²) in [5.74, 6) is 0. The van der Waals surface area contributed by atoms with E-state index in [0.29, 0.717) is 12.0 Å². The third-order valence-corrected chi connectivity index (χ3v) is 3.27. The van der Waals surface area contributed by atoms with E-state index in [4.69, 9.17) is 0 Å². The van der Waals surface area contributed by atoms with E-state index < -0.39 is 11.7 Å². The highest BCUT2D eigenvalue weighted by molar-refractivity contribution is 5.29. The van der Waals surface area contributed by atoms with Crippen molar-refractivity contribution in [3.63, 3.8) is 0 Å². The third kappa shape index (κ3) is 7.64. The highest BCUT2D eigenvalue weighted by atomic mass is 19.4. The van der Waals surface area contributed by atoms with Gasteiger partial charge in [0.15, 0.2) is 0 Å². The molecule has 0 bridgehead atoms. The fraction of sp³-hybridized carbons (Fsp3) is 0.400. The number of halogens is 3. The van der Waals surface area contributed by atoms with E-state index in [1.54, 1.807) is 13.0 Å². The van der Waals surface area contributed by atoms with Crippen LogP contribution >= 0.6 is 0 Å². The zero-order chi connectivity index (χ0) is 18.6. The molecule has 0 fully saturated rings. The zero-order valence-electron chi connectivity index (χ0n) is 14.8. The van der Waals surface area contributed by atoms with Crippen molar-refractivity contribution in [2.24, 2.45) is 0 Å². The third-order valence-electron chi connectivity index (χ3n) is 3.27. The quantitative estimate of drug-likeness (QED) is 0.683. The van der Waals surface area contributed by atoms with Gasteiger partial charge in [-0.1, -0.05) is 76.2 Å². The van der Waals surface area contributed by atoms with E-state index in [9.17, 15) is 18.3 Å². The van der Waals surface area contributed by atoms with Crippen LogP contribution in [0.1, 0.15) is 56.9 Å². The van der Waals surface area contributed by atoms with Crippen molar-refractivity contribution < 1.29 is 18.3 Å². The summed E-state index contributed by atoms with van der Waals surface area (Å²) in [4.78, 5) is 0. The van der Waals surface area contributed by atoms with E-state index >= 15 is 0 Å². The van der Waals surface area contributed by atoms with Crippen LogP contribution < -0.4 is 0 Å². The Morgan fingerprint density at radius 2 is 1.38 bits per heavy atom. The van der Waals surface area contributed by atoms with Crippen LogP contribution in [0.5, 0.6) is 0 Å². The maximum atomic E-state index is 12.2. The summed E-state index contributed by atoms with van der Waals surface area (Å²) < 4.78 is 36.7. The lowest BCUT2D eigenvalue weighted by molar-refractivity contribution is -0.138. The first-order valence-electron chi connectivity index (χ1n) is 8.28. The van der Waals surface area contributed by atoms with Crippen molar-refractivity contribution in [3.05, 3.63) is 71.3 Å². The van der Waals surface area contributed by atoms with Gasteiger partial charge in [0.25, 0.3) is 0 Å². The largest absolute Gasteiger partial charge is 0.416 e. The van der Waals surface area contributed by atoms with Crippen LogP contribution in [0.2, 0.25) is 0 Å². The number of aliphatic hydroxyl groups excluding tert-OH is 1. The molecule has 2 aromatic carbocycles. The Balaban J connectivity index is 0.000000405. The van der Waals surface area contributed by atoms with Crippen LogP contribution in [-0.2, 0) is 12.6 Å². The fourth-order valence-electron chi connectivity index (χ4n) is 2.02. The van der Waals surface area contributed by atoms with Crippen LogP contribution in [0.15, 0.2) is 54.6 Å². The van der Waals surface area contributed by atoms with Crippen molar-refractivity contribution >= 4 is 0 Å². The average Bonchev–Trinajstić information content (AvgIpc) is 2.63. The summed E-state index contributed by atoms with van der Waals surface area (Å²) in [6, 6.07) is 15.3. The Morgan fingerprint density at radius 1 is 0.875 bits per heavy atom. The van der Waals surface area contributed by atoms with Gasteiger partial charge >= 0.3 is 6.18 Å². The summed E-state index contributed by atoms with van der Waals surface area (Å²) in [5, 5.41) is 9.33. The fourth-order valence-corrected chi connectivity index (χ4v) is 2.02. The maximum Gasteiger partial charge on any atom is 0.416 e. The minimum absolute atomic E-state index is 0.291. The Labute approximate surface area is 143 Å². The zero-order valence-corrected chi connectivity index (χ0v) is 14.8. The predicted octanol–water partition coefficient (Wildman–Crippen LogP) is 6.42. The molecule has 2 aromatic rings. The summed E-state index contributed by atoms with van der Waals surface area (Å²) in [6.07, 6.45) is -3.31. The van der Waals surface area contributed by atoms with Crippen LogP contribution in [0, 0.1) is 0 Å². The first-order valence-corrected chi connectivity index (χ1v) is 8.28. The minimum Gasteiger partial charge on any atom is -0.388 e. The second-order valence-corrected chi connectivity index (χ2v) is 4.84. The molecule has 0 aliphatic heterocycles. The molecule has 1 atom stereocenters. The van der Waals surface area contributed by atoms with Crippen LogP contribution in [-0.4, -0.2) is 5.11 Å². The van der Waals surface area contributed by atoms with E-state index in [1.807, 2.05) is 51.1 Å².